The molecule has 4 heteroatoms. The van der Waals surface area contributed by atoms with Crippen molar-refractivity contribution in [3.8, 4) is 5.75 Å². The Hall–Kier alpha value is -0.0600. The zero-order valence-corrected chi connectivity index (χ0v) is 12.0. The van der Waals surface area contributed by atoms with Crippen molar-refractivity contribution in [3.63, 3.8) is 0 Å². The number of hydrogen-bond acceptors (Lipinski definition) is 2. The molecule has 1 aromatic carbocycles. The van der Waals surface area contributed by atoms with Crippen LogP contribution in [0.15, 0.2) is 21.1 Å². The lowest BCUT2D eigenvalue weighted by Crippen LogP contribution is -2.18. The van der Waals surface area contributed by atoms with E-state index in [-0.39, 0.29) is 11.8 Å². The number of nitrogens with two attached hydrogens (primary N) is 1. The van der Waals surface area contributed by atoms with Crippen LogP contribution in [-0.2, 0) is 0 Å². The Balaban J connectivity index is 3.13. The van der Waals surface area contributed by atoms with Crippen molar-refractivity contribution in [1.82, 2.24) is 0 Å². The van der Waals surface area contributed by atoms with Crippen molar-refractivity contribution in [2.75, 3.05) is 0 Å². The highest BCUT2D eigenvalue weighted by atomic mass is 79.9. The fourth-order valence-electron chi connectivity index (χ4n) is 1.40. The SMILES string of the molecule is CCC(C)[C@H](N)c1cc(Br)cc(Br)c1O. The number of rotatable bonds is 3. The topological polar surface area (TPSA) is 46.2 Å². The van der Waals surface area contributed by atoms with Crippen molar-refractivity contribution in [1.29, 1.82) is 0 Å². The van der Waals surface area contributed by atoms with E-state index in [9.17, 15) is 5.11 Å². The van der Waals surface area contributed by atoms with Gasteiger partial charge in [0.2, 0.25) is 0 Å². The van der Waals surface area contributed by atoms with Gasteiger partial charge in [0.05, 0.1) is 4.47 Å². The summed E-state index contributed by atoms with van der Waals surface area (Å²) in [7, 11) is 0. The van der Waals surface area contributed by atoms with E-state index >= 15 is 0 Å². The molecule has 0 aliphatic rings. The predicted molar refractivity (Wildman–Crippen MR) is 69.9 cm³/mol. The largest absolute Gasteiger partial charge is 0.506 e. The summed E-state index contributed by atoms with van der Waals surface area (Å²) >= 11 is 6.69. The first-order valence-corrected chi connectivity index (χ1v) is 6.49. The molecular weight excluding hydrogens is 322 g/mol. The molecular formula is C11H15Br2NO. The van der Waals surface area contributed by atoms with Crippen LogP contribution in [0.3, 0.4) is 0 Å². The minimum atomic E-state index is -0.135. The third-order valence-corrected chi connectivity index (χ3v) is 3.74. The smallest absolute Gasteiger partial charge is 0.134 e. The minimum Gasteiger partial charge on any atom is -0.506 e. The molecule has 84 valence electrons. The summed E-state index contributed by atoms with van der Waals surface area (Å²) in [4.78, 5) is 0. The van der Waals surface area contributed by atoms with Gasteiger partial charge in [-0.05, 0) is 34.0 Å². The predicted octanol–water partition coefficient (Wildman–Crippen LogP) is 3.96. The highest BCUT2D eigenvalue weighted by molar-refractivity contribution is 9.11. The lowest BCUT2D eigenvalue weighted by atomic mass is 9.93. The van der Waals surface area contributed by atoms with E-state index in [0.717, 1.165) is 16.5 Å². The number of hydrogen-bond donors (Lipinski definition) is 2. The Morgan fingerprint density at radius 1 is 1.40 bits per heavy atom. The summed E-state index contributed by atoms with van der Waals surface area (Å²) in [5, 5.41) is 9.89. The fraction of sp³-hybridized carbons (Fsp3) is 0.455. The Morgan fingerprint density at radius 2 is 2.00 bits per heavy atom. The van der Waals surface area contributed by atoms with Gasteiger partial charge in [-0.2, -0.15) is 0 Å². The molecule has 1 rings (SSSR count). The molecule has 0 heterocycles. The van der Waals surface area contributed by atoms with Crippen LogP contribution >= 0.6 is 31.9 Å². The number of aromatic hydroxyl groups is 1. The second kappa shape index (κ2) is 5.32. The van der Waals surface area contributed by atoms with Gasteiger partial charge in [-0.25, -0.2) is 0 Å². The molecule has 0 fully saturated rings. The molecule has 0 saturated heterocycles. The van der Waals surface area contributed by atoms with Gasteiger partial charge in [0.1, 0.15) is 5.75 Å². The molecule has 1 unspecified atom stereocenters. The highest BCUT2D eigenvalue weighted by Gasteiger charge is 2.18. The van der Waals surface area contributed by atoms with Crippen LogP contribution in [0.1, 0.15) is 31.9 Å². The molecule has 0 aromatic heterocycles. The van der Waals surface area contributed by atoms with Crippen LogP contribution in [0.25, 0.3) is 0 Å². The van der Waals surface area contributed by atoms with Gasteiger partial charge in [0, 0.05) is 16.1 Å². The van der Waals surface area contributed by atoms with Crippen LogP contribution in [0, 0.1) is 5.92 Å². The average molecular weight is 337 g/mol. The Kier molecular flexibility index (Phi) is 4.62. The Bertz CT molecular complexity index is 355. The van der Waals surface area contributed by atoms with E-state index in [0.29, 0.717) is 10.4 Å². The highest BCUT2D eigenvalue weighted by Crippen LogP contribution is 2.37. The first-order chi connectivity index (χ1) is 6.97. The zero-order valence-electron chi connectivity index (χ0n) is 8.80. The molecule has 0 radical (unpaired) electrons. The fourth-order valence-corrected chi connectivity index (χ4v) is 2.66. The number of phenolic OH excluding ortho intramolecular Hbond substituents is 1. The van der Waals surface area contributed by atoms with Gasteiger partial charge in [-0.3, -0.25) is 0 Å². The minimum absolute atomic E-state index is 0.135. The molecule has 3 N–H and O–H groups in total. The molecule has 0 aliphatic heterocycles. The number of phenols is 1. The van der Waals surface area contributed by atoms with Crippen molar-refractivity contribution in [2.45, 2.75) is 26.3 Å². The molecule has 0 bridgehead atoms. The van der Waals surface area contributed by atoms with Gasteiger partial charge >= 0.3 is 0 Å². The molecule has 15 heavy (non-hydrogen) atoms. The summed E-state index contributed by atoms with van der Waals surface area (Å²) in [6.07, 6.45) is 0.991. The summed E-state index contributed by atoms with van der Waals surface area (Å²) in [6.45, 7) is 4.17. The summed E-state index contributed by atoms with van der Waals surface area (Å²) in [5.41, 5.74) is 6.87. The Morgan fingerprint density at radius 3 is 2.53 bits per heavy atom. The second-order valence-electron chi connectivity index (χ2n) is 3.74. The van der Waals surface area contributed by atoms with E-state index < -0.39 is 0 Å². The maximum Gasteiger partial charge on any atom is 0.134 e. The van der Waals surface area contributed by atoms with Gasteiger partial charge in [0.25, 0.3) is 0 Å². The Labute approximate surface area is 107 Å². The third kappa shape index (κ3) is 2.95. The summed E-state index contributed by atoms with van der Waals surface area (Å²) < 4.78 is 1.59. The normalized spacial score (nSPS) is 15.0. The van der Waals surface area contributed by atoms with Gasteiger partial charge in [0.15, 0.2) is 0 Å². The van der Waals surface area contributed by atoms with Gasteiger partial charge in [-0.1, -0.05) is 36.2 Å². The summed E-state index contributed by atoms with van der Waals surface area (Å²) in [5.74, 6) is 0.586. The van der Waals surface area contributed by atoms with Crippen LogP contribution in [-0.4, -0.2) is 5.11 Å². The molecule has 2 nitrogen and oxygen atoms in total. The lowest BCUT2D eigenvalue weighted by Gasteiger charge is -2.20. The monoisotopic (exact) mass is 335 g/mol. The second-order valence-corrected chi connectivity index (χ2v) is 5.51. The molecule has 0 saturated carbocycles. The third-order valence-electron chi connectivity index (χ3n) is 2.67. The van der Waals surface area contributed by atoms with Crippen LogP contribution in [0.2, 0.25) is 0 Å². The van der Waals surface area contributed by atoms with Gasteiger partial charge in [-0.15, -0.1) is 0 Å². The lowest BCUT2D eigenvalue weighted by molar-refractivity contribution is 0.417. The van der Waals surface area contributed by atoms with E-state index in [1.54, 1.807) is 0 Å². The first-order valence-electron chi connectivity index (χ1n) is 4.90. The maximum absolute atomic E-state index is 9.89. The van der Waals surface area contributed by atoms with Crippen molar-refractivity contribution in [3.05, 3.63) is 26.6 Å². The molecule has 2 atom stereocenters. The van der Waals surface area contributed by atoms with E-state index in [1.165, 1.54) is 0 Å². The number of halogens is 2. The van der Waals surface area contributed by atoms with Crippen molar-refractivity contribution >= 4 is 31.9 Å². The van der Waals surface area contributed by atoms with E-state index in [2.05, 4.69) is 45.7 Å². The van der Waals surface area contributed by atoms with Crippen LogP contribution in [0.5, 0.6) is 5.75 Å². The molecule has 0 amide bonds. The van der Waals surface area contributed by atoms with Crippen LogP contribution in [0.4, 0.5) is 0 Å². The van der Waals surface area contributed by atoms with Crippen molar-refractivity contribution in [2.24, 2.45) is 11.7 Å². The summed E-state index contributed by atoms with van der Waals surface area (Å²) in [6, 6.07) is 3.54. The van der Waals surface area contributed by atoms with Crippen LogP contribution < -0.4 is 5.73 Å². The molecule has 0 spiro atoms. The molecule has 1 aromatic rings. The number of benzene rings is 1. The van der Waals surface area contributed by atoms with E-state index in [4.69, 9.17) is 5.73 Å². The van der Waals surface area contributed by atoms with Gasteiger partial charge < -0.3 is 10.8 Å². The quantitative estimate of drug-likeness (QED) is 0.877. The standard InChI is InChI=1S/C11H15Br2NO/c1-3-6(2)10(14)8-4-7(12)5-9(13)11(8)15/h4-6,10,15H,3,14H2,1-2H3/t6?,10-/m0/s1. The first kappa shape index (κ1) is 13.0. The average Bonchev–Trinajstić information content (AvgIpc) is 2.21. The maximum atomic E-state index is 9.89. The molecule has 0 aliphatic carbocycles. The zero-order chi connectivity index (χ0) is 11.6. The van der Waals surface area contributed by atoms with E-state index in [1.807, 2.05) is 12.1 Å². The van der Waals surface area contributed by atoms with Crippen molar-refractivity contribution < 1.29 is 5.11 Å².